The molecule has 6 rings (SSSR count). The Hall–Kier alpha value is -2.22. The van der Waals surface area contributed by atoms with Crippen LogP contribution in [0.15, 0.2) is 97.1 Å². The van der Waals surface area contributed by atoms with Gasteiger partial charge in [-0.15, -0.1) is 69.1 Å². The minimum Gasteiger partial charge on any atom is -1.00 e. The standard InChI is InChI=1S/2C24H29.C4H10Si.2ClH.Zr/c2*1-16-21(24(5,6)7)15-18-9-8-10-20(22(16)18)17-11-13-19(14-12-17)23(2,3)4;1-3-4-5-2;;;/h2*8-15H,1-7H3;3-4H2,1-2H3;2*1H;/q2*-1;;;;+2/p-2. The zero-order valence-electron chi connectivity index (χ0n) is 37.4. The number of halogens is 2. The molecule has 0 aromatic heterocycles. The van der Waals surface area contributed by atoms with Crippen molar-refractivity contribution >= 4 is 27.0 Å². The summed E-state index contributed by atoms with van der Waals surface area (Å²) in [5.41, 5.74) is 14.8. The van der Waals surface area contributed by atoms with E-state index in [4.69, 9.17) is 0 Å². The summed E-state index contributed by atoms with van der Waals surface area (Å²) >= 11 is 1.79. The van der Waals surface area contributed by atoms with Gasteiger partial charge in [-0.2, -0.15) is 11.1 Å². The molecule has 0 nitrogen and oxygen atoms in total. The van der Waals surface area contributed by atoms with Crippen LogP contribution >= 0.6 is 0 Å². The number of rotatable bonds is 4. The molecule has 0 saturated heterocycles. The van der Waals surface area contributed by atoms with Crippen LogP contribution < -0.4 is 24.8 Å². The van der Waals surface area contributed by atoms with Crippen molar-refractivity contribution in [3.63, 3.8) is 0 Å². The first-order valence-electron chi connectivity index (χ1n) is 20.1. The van der Waals surface area contributed by atoms with Gasteiger partial charge < -0.3 is 24.8 Å². The van der Waals surface area contributed by atoms with Crippen LogP contribution in [0.25, 0.3) is 43.8 Å². The fourth-order valence-electron chi connectivity index (χ4n) is 7.73. The molecular formula is C52H68Cl2SiZr-2. The second-order valence-electron chi connectivity index (χ2n) is 19.6. The number of fused-ring (bicyclic) bond motifs is 2. The second-order valence-corrected chi connectivity index (χ2v) is 27.9. The van der Waals surface area contributed by atoms with Crippen LogP contribution in [0.1, 0.15) is 130 Å². The summed E-state index contributed by atoms with van der Waals surface area (Å²) in [5.74, 6) is 0. The maximum absolute atomic E-state index is 2.40. The molecular weight excluding hydrogens is 815 g/mol. The van der Waals surface area contributed by atoms with Crippen molar-refractivity contribution in [2.75, 3.05) is 0 Å². The molecule has 6 aromatic carbocycles. The summed E-state index contributed by atoms with van der Waals surface area (Å²) in [6.45, 7) is 36.6. The topological polar surface area (TPSA) is 0 Å². The van der Waals surface area contributed by atoms with Gasteiger partial charge in [-0.25, -0.2) is 0 Å². The summed E-state index contributed by atoms with van der Waals surface area (Å²) in [5, 5.41) is 5.53. The monoisotopic (exact) mass is 880 g/mol. The first kappa shape index (κ1) is 49.9. The van der Waals surface area contributed by atoms with Crippen molar-refractivity contribution in [3.05, 3.63) is 130 Å². The summed E-state index contributed by atoms with van der Waals surface area (Å²) in [4.78, 5) is 0. The first-order chi connectivity index (χ1) is 24.9. The van der Waals surface area contributed by atoms with E-state index >= 15 is 0 Å². The third-order valence-electron chi connectivity index (χ3n) is 10.7. The van der Waals surface area contributed by atoms with Crippen molar-refractivity contribution in [1.29, 1.82) is 0 Å². The molecule has 0 atom stereocenters. The van der Waals surface area contributed by atoms with E-state index in [9.17, 15) is 0 Å². The first-order valence-corrected chi connectivity index (χ1v) is 26.0. The van der Waals surface area contributed by atoms with Gasteiger partial charge in [-0.05, 0) is 43.9 Å². The van der Waals surface area contributed by atoms with Crippen molar-refractivity contribution in [1.82, 2.24) is 0 Å². The second kappa shape index (κ2) is 19.7. The van der Waals surface area contributed by atoms with Crippen LogP contribution in [0.5, 0.6) is 0 Å². The van der Waals surface area contributed by atoms with E-state index in [1.165, 1.54) is 89.6 Å². The fourth-order valence-corrected chi connectivity index (χ4v) is 10.3. The molecule has 4 heteroatoms. The van der Waals surface area contributed by atoms with Crippen molar-refractivity contribution in [3.8, 4) is 22.3 Å². The molecule has 0 radical (unpaired) electrons. The van der Waals surface area contributed by atoms with Crippen LogP contribution in [0.4, 0.5) is 0 Å². The van der Waals surface area contributed by atoms with E-state index in [0.29, 0.717) is 0 Å². The Morgan fingerprint density at radius 3 is 1.05 bits per heavy atom. The SMILES string of the molecule is CCC[Si](C)=[Zr+2].Cc1c(C(C)(C)C)[cH-]c2cccc(-c3ccc(C(C)(C)C)cc3)c12.Cc1c(C(C)(C)C)[cH-]c2cccc(-c3ccc(C(C)(C)C)cc3)c12.[Cl-].[Cl-]. The Labute approximate surface area is 369 Å². The maximum Gasteiger partial charge on any atom is -0.0132 e. The molecule has 0 aliphatic heterocycles. The van der Waals surface area contributed by atoms with Gasteiger partial charge in [0.1, 0.15) is 0 Å². The Morgan fingerprint density at radius 1 is 0.500 bits per heavy atom. The van der Waals surface area contributed by atoms with E-state index in [2.05, 4.69) is 207 Å². The number of hydrogen-bond acceptors (Lipinski definition) is 0. The zero-order valence-corrected chi connectivity index (χ0v) is 42.4. The molecule has 0 spiro atoms. The van der Waals surface area contributed by atoms with Crippen LogP contribution in [0.3, 0.4) is 0 Å². The van der Waals surface area contributed by atoms with E-state index in [0.717, 1.165) is 0 Å². The molecule has 0 bridgehead atoms. The molecule has 0 aliphatic carbocycles. The Kier molecular flexibility index (Phi) is 17.6. The van der Waals surface area contributed by atoms with Gasteiger partial charge in [0.2, 0.25) is 0 Å². The number of hydrogen-bond donors (Lipinski definition) is 0. The van der Waals surface area contributed by atoms with Crippen molar-refractivity contribution in [2.24, 2.45) is 0 Å². The van der Waals surface area contributed by atoms with Crippen LogP contribution in [0, 0.1) is 13.8 Å². The summed E-state index contributed by atoms with van der Waals surface area (Å²) in [7, 11) is 0. The molecule has 0 heterocycles. The fraction of sp³-hybridized carbons (Fsp3) is 0.423. The molecule has 300 valence electrons. The molecule has 0 fully saturated rings. The van der Waals surface area contributed by atoms with Gasteiger partial charge in [-0.1, -0.05) is 169 Å². The molecule has 0 saturated carbocycles. The van der Waals surface area contributed by atoms with Gasteiger partial charge in [0.05, 0.1) is 0 Å². The normalized spacial score (nSPS) is 11.9. The minimum atomic E-state index is 0. The van der Waals surface area contributed by atoms with Crippen LogP contribution in [-0.4, -0.2) is 5.43 Å². The molecule has 0 unspecified atom stereocenters. The van der Waals surface area contributed by atoms with Gasteiger partial charge in [0, 0.05) is 0 Å². The molecule has 0 amide bonds. The van der Waals surface area contributed by atoms with E-state index in [-0.39, 0.29) is 51.9 Å². The summed E-state index contributed by atoms with van der Waals surface area (Å²) < 4.78 is 0. The smallest absolute Gasteiger partial charge is 0.0132 e. The van der Waals surface area contributed by atoms with Gasteiger partial charge in [-0.3, -0.25) is 0 Å². The predicted molar refractivity (Wildman–Crippen MR) is 241 cm³/mol. The average molecular weight is 883 g/mol. The van der Waals surface area contributed by atoms with Gasteiger partial charge >= 0.3 is 54.7 Å². The number of aryl methyl sites for hydroxylation is 2. The number of benzene rings is 4. The van der Waals surface area contributed by atoms with E-state index in [1.54, 1.807) is 23.3 Å². The van der Waals surface area contributed by atoms with Crippen molar-refractivity contribution < 1.29 is 48.1 Å². The van der Waals surface area contributed by atoms with Gasteiger partial charge in [0.15, 0.2) is 0 Å². The Balaban J connectivity index is 0.000000328. The molecule has 56 heavy (non-hydrogen) atoms. The third-order valence-corrected chi connectivity index (χ3v) is 13.8. The summed E-state index contributed by atoms with van der Waals surface area (Å²) in [6, 6.07) is 37.8. The zero-order chi connectivity index (χ0) is 40.4. The maximum atomic E-state index is 2.40. The average Bonchev–Trinajstić information content (AvgIpc) is 3.62. The van der Waals surface area contributed by atoms with E-state index < -0.39 is 0 Å². The molecule has 6 aromatic rings. The molecule has 0 aliphatic rings. The van der Waals surface area contributed by atoms with E-state index in [1.807, 2.05) is 0 Å². The third kappa shape index (κ3) is 12.2. The Bertz CT molecular complexity index is 2030. The predicted octanol–water partition coefficient (Wildman–Crippen LogP) is 9.83. The van der Waals surface area contributed by atoms with Crippen LogP contribution in [0.2, 0.25) is 12.6 Å². The minimum absolute atomic E-state index is 0. The van der Waals surface area contributed by atoms with Crippen molar-refractivity contribution in [2.45, 2.75) is 145 Å². The molecule has 0 N–H and O–H groups in total. The van der Waals surface area contributed by atoms with Gasteiger partial charge in [0.25, 0.3) is 0 Å². The quantitative estimate of drug-likeness (QED) is 0.122. The Morgan fingerprint density at radius 2 is 0.821 bits per heavy atom. The largest absolute Gasteiger partial charge is 1.00 e. The van der Waals surface area contributed by atoms with Crippen LogP contribution in [-0.2, 0) is 45.0 Å². The summed E-state index contributed by atoms with van der Waals surface area (Å²) in [6.07, 6.45) is 1.40.